The summed E-state index contributed by atoms with van der Waals surface area (Å²) in [5.74, 6) is -0.0851. The molecule has 2 amide bonds. The van der Waals surface area contributed by atoms with Crippen LogP contribution in [0.5, 0.6) is 0 Å². The second kappa shape index (κ2) is 5.51. The SMILES string of the molecule is CCC1(C)C(=O)NC(C)C(=O)N1Cc1ccc(C)c(C)c1. The summed E-state index contributed by atoms with van der Waals surface area (Å²) in [6.07, 6.45) is 0.599. The number of hydrogen-bond donors (Lipinski definition) is 1. The summed E-state index contributed by atoms with van der Waals surface area (Å²) in [6.45, 7) is 10.1. The van der Waals surface area contributed by atoms with Crippen LogP contribution in [0.1, 0.15) is 43.9 Å². The van der Waals surface area contributed by atoms with Crippen molar-refractivity contribution in [3.05, 3.63) is 34.9 Å². The molecule has 1 aliphatic rings. The van der Waals surface area contributed by atoms with Gasteiger partial charge in [-0.2, -0.15) is 0 Å². The first-order chi connectivity index (χ1) is 9.79. The Bertz CT molecular complexity index is 582. The fourth-order valence-electron chi connectivity index (χ4n) is 2.70. The fraction of sp³-hybridized carbons (Fsp3) is 0.529. The minimum absolute atomic E-state index is 0.0165. The van der Waals surface area contributed by atoms with Gasteiger partial charge < -0.3 is 10.2 Å². The zero-order valence-electron chi connectivity index (χ0n) is 13.5. The average Bonchev–Trinajstić information content (AvgIpc) is 2.45. The van der Waals surface area contributed by atoms with E-state index >= 15 is 0 Å². The molecule has 0 saturated carbocycles. The van der Waals surface area contributed by atoms with Gasteiger partial charge in [0.1, 0.15) is 11.6 Å². The smallest absolute Gasteiger partial charge is 0.246 e. The highest BCUT2D eigenvalue weighted by Gasteiger charge is 2.46. The molecule has 21 heavy (non-hydrogen) atoms. The molecule has 1 aromatic carbocycles. The zero-order valence-corrected chi connectivity index (χ0v) is 13.5. The number of nitrogens with one attached hydrogen (secondary N) is 1. The lowest BCUT2D eigenvalue weighted by Gasteiger charge is -2.45. The highest BCUT2D eigenvalue weighted by Crippen LogP contribution is 2.27. The predicted octanol–water partition coefficient (Wildman–Crippen LogP) is 2.32. The Morgan fingerprint density at radius 2 is 1.90 bits per heavy atom. The van der Waals surface area contributed by atoms with Gasteiger partial charge in [0.05, 0.1) is 0 Å². The summed E-state index contributed by atoms with van der Waals surface area (Å²) in [6, 6.07) is 5.73. The van der Waals surface area contributed by atoms with Crippen LogP contribution < -0.4 is 5.32 Å². The van der Waals surface area contributed by atoms with Crippen molar-refractivity contribution < 1.29 is 9.59 Å². The Balaban J connectivity index is 2.35. The molecule has 1 aliphatic heterocycles. The molecule has 1 aromatic rings. The van der Waals surface area contributed by atoms with Crippen LogP contribution in [-0.2, 0) is 16.1 Å². The third-order valence-corrected chi connectivity index (χ3v) is 4.67. The number of hydrogen-bond acceptors (Lipinski definition) is 2. The second-order valence-electron chi connectivity index (χ2n) is 6.17. The number of carbonyl (C=O) groups excluding carboxylic acids is 2. The third kappa shape index (κ3) is 2.67. The van der Waals surface area contributed by atoms with Gasteiger partial charge in [0.2, 0.25) is 11.8 Å². The van der Waals surface area contributed by atoms with Crippen molar-refractivity contribution in [2.45, 2.75) is 59.2 Å². The van der Waals surface area contributed by atoms with Crippen molar-refractivity contribution >= 4 is 11.8 Å². The van der Waals surface area contributed by atoms with Gasteiger partial charge in [0.25, 0.3) is 0 Å². The lowest BCUT2D eigenvalue weighted by Crippen LogP contribution is -2.68. The molecule has 0 spiro atoms. The molecule has 0 bridgehead atoms. The fourth-order valence-corrected chi connectivity index (χ4v) is 2.70. The first kappa shape index (κ1) is 15.5. The Hall–Kier alpha value is -1.84. The first-order valence-electron chi connectivity index (χ1n) is 7.48. The van der Waals surface area contributed by atoms with E-state index in [0.717, 1.165) is 5.56 Å². The normalized spacial score (nSPS) is 26.0. The summed E-state index contributed by atoms with van der Waals surface area (Å²) < 4.78 is 0. The molecule has 0 aromatic heterocycles. The van der Waals surface area contributed by atoms with E-state index in [0.29, 0.717) is 13.0 Å². The lowest BCUT2D eigenvalue weighted by molar-refractivity contribution is -0.157. The second-order valence-corrected chi connectivity index (χ2v) is 6.17. The molecular formula is C17H24N2O2. The first-order valence-corrected chi connectivity index (χ1v) is 7.48. The van der Waals surface area contributed by atoms with Crippen LogP contribution in [-0.4, -0.2) is 28.3 Å². The highest BCUT2D eigenvalue weighted by molar-refractivity contribution is 5.99. The Kier molecular flexibility index (Phi) is 4.08. The van der Waals surface area contributed by atoms with Crippen LogP contribution in [0.2, 0.25) is 0 Å². The topological polar surface area (TPSA) is 49.4 Å². The van der Waals surface area contributed by atoms with E-state index in [-0.39, 0.29) is 11.8 Å². The number of aryl methyl sites for hydroxylation is 2. The Labute approximate surface area is 126 Å². The van der Waals surface area contributed by atoms with Crippen LogP contribution in [0.25, 0.3) is 0 Å². The molecule has 0 aliphatic carbocycles. The van der Waals surface area contributed by atoms with Crippen LogP contribution >= 0.6 is 0 Å². The predicted molar refractivity (Wildman–Crippen MR) is 82.8 cm³/mol. The van der Waals surface area contributed by atoms with E-state index in [1.54, 1.807) is 11.8 Å². The van der Waals surface area contributed by atoms with Gasteiger partial charge in [0, 0.05) is 6.54 Å². The minimum atomic E-state index is -0.775. The van der Waals surface area contributed by atoms with Crippen molar-refractivity contribution in [2.75, 3.05) is 0 Å². The molecule has 1 fully saturated rings. The maximum Gasteiger partial charge on any atom is 0.246 e. The quantitative estimate of drug-likeness (QED) is 0.928. The maximum absolute atomic E-state index is 12.5. The lowest BCUT2D eigenvalue weighted by atomic mass is 9.90. The van der Waals surface area contributed by atoms with Crippen LogP contribution in [0.15, 0.2) is 18.2 Å². The van der Waals surface area contributed by atoms with Crippen molar-refractivity contribution in [3.8, 4) is 0 Å². The highest BCUT2D eigenvalue weighted by atomic mass is 16.2. The molecule has 4 nitrogen and oxygen atoms in total. The van der Waals surface area contributed by atoms with Crippen molar-refractivity contribution in [1.29, 1.82) is 0 Å². The maximum atomic E-state index is 12.5. The van der Waals surface area contributed by atoms with E-state index in [1.807, 2.05) is 19.9 Å². The van der Waals surface area contributed by atoms with E-state index < -0.39 is 11.6 Å². The molecule has 1 N–H and O–H groups in total. The van der Waals surface area contributed by atoms with Gasteiger partial charge in [-0.25, -0.2) is 0 Å². The number of amides is 2. The van der Waals surface area contributed by atoms with Gasteiger partial charge >= 0.3 is 0 Å². The number of benzene rings is 1. The summed E-state index contributed by atoms with van der Waals surface area (Å²) in [4.78, 5) is 26.6. The van der Waals surface area contributed by atoms with E-state index in [9.17, 15) is 9.59 Å². The van der Waals surface area contributed by atoms with Gasteiger partial charge in [0.15, 0.2) is 0 Å². The molecular weight excluding hydrogens is 264 g/mol. The van der Waals surface area contributed by atoms with E-state index in [4.69, 9.17) is 0 Å². The van der Waals surface area contributed by atoms with E-state index in [2.05, 4.69) is 31.3 Å². The summed E-state index contributed by atoms with van der Waals surface area (Å²) in [7, 11) is 0. The van der Waals surface area contributed by atoms with Crippen molar-refractivity contribution in [1.82, 2.24) is 10.2 Å². The average molecular weight is 288 g/mol. The zero-order chi connectivity index (χ0) is 15.8. The summed E-state index contributed by atoms with van der Waals surface area (Å²) in [5, 5.41) is 2.78. The van der Waals surface area contributed by atoms with Crippen molar-refractivity contribution in [3.63, 3.8) is 0 Å². The van der Waals surface area contributed by atoms with Crippen LogP contribution in [0, 0.1) is 13.8 Å². The third-order valence-electron chi connectivity index (χ3n) is 4.67. The number of rotatable bonds is 3. The number of carbonyl (C=O) groups is 2. The minimum Gasteiger partial charge on any atom is -0.343 e. The molecule has 2 atom stereocenters. The van der Waals surface area contributed by atoms with Crippen LogP contribution in [0.4, 0.5) is 0 Å². The molecule has 1 heterocycles. The molecule has 4 heteroatoms. The van der Waals surface area contributed by atoms with Gasteiger partial charge in [-0.15, -0.1) is 0 Å². The molecule has 2 rings (SSSR count). The monoisotopic (exact) mass is 288 g/mol. The Morgan fingerprint density at radius 1 is 1.24 bits per heavy atom. The van der Waals surface area contributed by atoms with E-state index in [1.165, 1.54) is 11.1 Å². The number of piperazine rings is 1. The molecule has 1 saturated heterocycles. The Morgan fingerprint density at radius 3 is 2.48 bits per heavy atom. The van der Waals surface area contributed by atoms with Gasteiger partial charge in [-0.3, -0.25) is 9.59 Å². The molecule has 2 unspecified atom stereocenters. The van der Waals surface area contributed by atoms with Gasteiger partial charge in [-0.1, -0.05) is 25.1 Å². The standard InChI is InChI=1S/C17H24N2O2/c1-6-17(5)16(21)18-13(4)15(20)19(17)10-14-8-7-11(2)12(3)9-14/h7-9,13H,6,10H2,1-5H3,(H,18,21). The molecule has 0 radical (unpaired) electrons. The number of nitrogens with zero attached hydrogens (tertiary/aromatic N) is 1. The largest absolute Gasteiger partial charge is 0.343 e. The summed E-state index contributed by atoms with van der Waals surface area (Å²) >= 11 is 0. The summed E-state index contributed by atoms with van der Waals surface area (Å²) in [5.41, 5.74) is 2.72. The van der Waals surface area contributed by atoms with Gasteiger partial charge in [-0.05, 0) is 50.8 Å². The van der Waals surface area contributed by atoms with Crippen molar-refractivity contribution in [2.24, 2.45) is 0 Å². The van der Waals surface area contributed by atoms with Crippen LogP contribution in [0.3, 0.4) is 0 Å². The molecule has 114 valence electrons.